The van der Waals surface area contributed by atoms with Crippen LogP contribution in [0.3, 0.4) is 0 Å². The number of fused-ring (bicyclic) bond motifs is 3. The number of esters is 2. The largest absolute Gasteiger partial charge is 0.469 e. The van der Waals surface area contributed by atoms with Gasteiger partial charge in [-0.3, -0.25) is 9.59 Å². The van der Waals surface area contributed by atoms with Crippen molar-refractivity contribution >= 4 is 17.8 Å². The Kier molecular flexibility index (Phi) is 7.01. The van der Waals surface area contributed by atoms with E-state index in [9.17, 15) is 14.4 Å². The molecule has 4 atom stereocenters. The monoisotopic (exact) mass is 443 g/mol. The summed E-state index contributed by atoms with van der Waals surface area (Å²) in [7, 11) is 2.51. The lowest BCUT2D eigenvalue weighted by Crippen LogP contribution is -2.57. The summed E-state index contributed by atoms with van der Waals surface area (Å²) in [5.41, 5.74) is 3.37. The summed E-state index contributed by atoms with van der Waals surface area (Å²) >= 11 is 0. The highest BCUT2D eigenvalue weighted by molar-refractivity contribution is 5.90. The Morgan fingerprint density at radius 2 is 1.84 bits per heavy atom. The van der Waals surface area contributed by atoms with Crippen molar-refractivity contribution in [1.29, 1.82) is 0 Å². The molecule has 0 unspecified atom stereocenters. The molecule has 3 rings (SSSR count). The average Bonchev–Trinajstić information content (AvgIpc) is 2.77. The van der Waals surface area contributed by atoms with Crippen molar-refractivity contribution in [2.45, 2.75) is 83.6 Å². The zero-order valence-electron chi connectivity index (χ0n) is 20.2. The second-order valence-corrected chi connectivity index (χ2v) is 10.2. The molecule has 0 spiro atoms. The fraction of sp³-hybridized carbons (Fsp3) is 0.654. The molecule has 1 aromatic carbocycles. The lowest BCUT2D eigenvalue weighted by atomic mass is 9.49. The second kappa shape index (κ2) is 9.24. The maximum absolute atomic E-state index is 13.6. The number of amides is 1. The first kappa shape index (κ1) is 24.3. The van der Waals surface area contributed by atoms with Crippen molar-refractivity contribution < 1.29 is 23.9 Å². The van der Waals surface area contributed by atoms with Crippen molar-refractivity contribution in [3.8, 4) is 0 Å². The van der Waals surface area contributed by atoms with Gasteiger partial charge >= 0.3 is 11.9 Å². The van der Waals surface area contributed by atoms with Gasteiger partial charge in [0.2, 0.25) is 5.91 Å². The lowest BCUT2D eigenvalue weighted by molar-refractivity contribution is -0.153. The third kappa shape index (κ3) is 4.28. The molecule has 0 bridgehead atoms. The highest BCUT2D eigenvalue weighted by atomic mass is 16.5. The van der Waals surface area contributed by atoms with Crippen LogP contribution in [-0.4, -0.2) is 38.1 Å². The fourth-order valence-electron chi connectivity index (χ4n) is 6.05. The van der Waals surface area contributed by atoms with E-state index in [1.807, 2.05) is 6.92 Å². The number of carbonyl (C=O) groups is 3. The summed E-state index contributed by atoms with van der Waals surface area (Å²) in [4.78, 5) is 37.6. The number of benzene rings is 1. The number of rotatable bonds is 6. The van der Waals surface area contributed by atoms with Crippen molar-refractivity contribution in [1.82, 2.24) is 5.32 Å². The normalized spacial score (nSPS) is 27.7. The minimum absolute atomic E-state index is 0.101. The Hall–Kier alpha value is -2.37. The molecule has 1 saturated carbocycles. The summed E-state index contributed by atoms with van der Waals surface area (Å²) in [6, 6.07) is 5.80. The van der Waals surface area contributed by atoms with Crippen LogP contribution in [0.4, 0.5) is 0 Å². The van der Waals surface area contributed by atoms with E-state index < -0.39 is 23.4 Å². The van der Waals surface area contributed by atoms with E-state index in [0.29, 0.717) is 5.92 Å². The first-order chi connectivity index (χ1) is 15.1. The van der Waals surface area contributed by atoms with E-state index in [-0.39, 0.29) is 23.7 Å². The zero-order chi connectivity index (χ0) is 23.7. The molecule has 0 radical (unpaired) electrons. The number of hydrogen-bond acceptors (Lipinski definition) is 5. The Balaban J connectivity index is 1.90. The number of hydrogen-bond donors (Lipinski definition) is 1. The average molecular weight is 444 g/mol. The van der Waals surface area contributed by atoms with E-state index in [1.54, 1.807) is 0 Å². The van der Waals surface area contributed by atoms with E-state index in [4.69, 9.17) is 9.47 Å². The summed E-state index contributed by atoms with van der Waals surface area (Å²) in [5.74, 6) is -0.751. The first-order valence-electron chi connectivity index (χ1n) is 11.7. The van der Waals surface area contributed by atoms with Crippen molar-refractivity contribution in [2.75, 3.05) is 14.2 Å². The van der Waals surface area contributed by atoms with Gasteiger partial charge in [-0.25, -0.2) is 4.79 Å². The summed E-state index contributed by atoms with van der Waals surface area (Å²) in [6.45, 7) is 8.73. The van der Waals surface area contributed by atoms with Crippen LogP contribution in [0.15, 0.2) is 18.2 Å². The van der Waals surface area contributed by atoms with Gasteiger partial charge in [0, 0.05) is 0 Å². The lowest BCUT2D eigenvalue weighted by Gasteiger charge is -2.54. The van der Waals surface area contributed by atoms with Crippen LogP contribution in [0.25, 0.3) is 0 Å². The quantitative estimate of drug-likeness (QED) is 0.671. The molecule has 1 aromatic rings. The summed E-state index contributed by atoms with van der Waals surface area (Å²) < 4.78 is 9.52. The van der Waals surface area contributed by atoms with Gasteiger partial charge in [-0.05, 0) is 59.6 Å². The van der Waals surface area contributed by atoms with Crippen LogP contribution in [-0.2, 0) is 35.7 Å². The second-order valence-electron chi connectivity index (χ2n) is 10.2. The number of methoxy groups -OCH3 is 2. The number of carbonyl (C=O) groups excluding carboxylic acids is 3. The van der Waals surface area contributed by atoms with Crippen LogP contribution in [0.5, 0.6) is 0 Å². The number of nitrogens with one attached hydrogen (secondary N) is 1. The highest BCUT2D eigenvalue weighted by Gasteiger charge is 2.55. The fourth-order valence-corrected chi connectivity index (χ4v) is 6.05. The molecule has 0 heterocycles. The molecule has 0 saturated heterocycles. The predicted octanol–water partition coefficient (Wildman–Crippen LogP) is 4.04. The molecule has 1 amide bonds. The van der Waals surface area contributed by atoms with Gasteiger partial charge in [0.1, 0.15) is 6.04 Å². The Labute approximate surface area is 191 Å². The SMILES string of the molecule is COC(=O)C[C@H](NC(=O)[C@]1(C)CCC[C@]2(C)c3ccc(C(C)C)cc3CC[C@@H]12)C(=O)OC. The van der Waals surface area contributed by atoms with Gasteiger partial charge in [0.15, 0.2) is 0 Å². The minimum atomic E-state index is -1.05. The van der Waals surface area contributed by atoms with Crippen molar-refractivity contribution in [3.05, 3.63) is 34.9 Å². The molecule has 1 fully saturated rings. The Morgan fingerprint density at radius 1 is 1.12 bits per heavy atom. The van der Waals surface area contributed by atoms with Crippen LogP contribution in [0.2, 0.25) is 0 Å². The third-order valence-electron chi connectivity index (χ3n) is 7.95. The minimum Gasteiger partial charge on any atom is -0.469 e. The first-order valence-corrected chi connectivity index (χ1v) is 11.7. The molecular weight excluding hydrogens is 406 g/mol. The predicted molar refractivity (Wildman–Crippen MR) is 122 cm³/mol. The molecule has 176 valence electrons. The van der Waals surface area contributed by atoms with Gasteiger partial charge in [0.05, 0.1) is 26.1 Å². The molecule has 0 aliphatic heterocycles. The molecular formula is C26H37NO5. The standard InChI is InChI=1S/C26H37NO5/c1-16(2)17-8-10-19-18(14-17)9-11-21-25(19,3)12-7-13-26(21,4)24(30)27-20(23(29)32-6)15-22(28)31-5/h8,10,14,16,20-21H,7,9,11-13,15H2,1-6H3,(H,27,30)/t20-,21+,25+,26+/m0/s1. The van der Waals surface area contributed by atoms with E-state index >= 15 is 0 Å². The third-order valence-corrected chi connectivity index (χ3v) is 7.95. The van der Waals surface area contributed by atoms with Crippen LogP contribution in [0, 0.1) is 11.3 Å². The summed E-state index contributed by atoms with van der Waals surface area (Å²) in [5, 5.41) is 2.83. The molecule has 0 aromatic heterocycles. The summed E-state index contributed by atoms with van der Waals surface area (Å²) in [6.07, 6.45) is 4.36. The van der Waals surface area contributed by atoms with Gasteiger partial charge in [-0.15, -0.1) is 0 Å². The maximum atomic E-state index is 13.6. The topological polar surface area (TPSA) is 81.7 Å². The molecule has 32 heavy (non-hydrogen) atoms. The van der Waals surface area contributed by atoms with Gasteiger partial charge in [0.25, 0.3) is 0 Å². The maximum Gasteiger partial charge on any atom is 0.328 e. The molecule has 2 aliphatic rings. The molecule has 6 nitrogen and oxygen atoms in total. The van der Waals surface area contributed by atoms with Crippen LogP contribution >= 0.6 is 0 Å². The van der Waals surface area contributed by atoms with E-state index in [1.165, 1.54) is 30.9 Å². The van der Waals surface area contributed by atoms with Crippen molar-refractivity contribution in [2.24, 2.45) is 11.3 Å². The van der Waals surface area contributed by atoms with E-state index in [2.05, 4.69) is 44.3 Å². The van der Waals surface area contributed by atoms with Gasteiger partial charge < -0.3 is 14.8 Å². The zero-order valence-corrected chi connectivity index (χ0v) is 20.2. The van der Waals surface area contributed by atoms with Gasteiger partial charge in [-0.1, -0.05) is 52.3 Å². The van der Waals surface area contributed by atoms with Gasteiger partial charge in [-0.2, -0.15) is 0 Å². The Morgan fingerprint density at radius 3 is 2.47 bits per heavy atom. The highest BCUT2D eigenvalue weighted by Crippen LogP contribution is 2.57. The van der Waals surface area contributed by atoms with E-state index in [0.717, 1.165) is 32.1 Å². The molecule has 2 aliphatic carbocycles. The molecule has 1 N–H and O–H groups in total. The molecule has 6 heteroatoms. The number of ether oxygens (including phenoxy) is 2. The number of aryl methyl sites for hydroxylation is 1. The van der Waals surface area contributed by atoms with Crippen molar-refractivity contribution in [3.63, 3.8) is 0 Å². The Bertz CT molecular complexity index is 894. The van der Waals surface area contributed by atoms with Crippen LogP contribution < -0.4 is 5.32 Å². The smallest absolute Gasteiger partial charge is 0.328 e. The van der Waals surface area contributed by atoms with Crippen LogP contribution in [0.1, 0.15) is 82.4 Å².